The molecule has 0 saturated heterocycles. The van der Waals surface area contributed by atoms with E-state index >= 15 is 0 Å². The van der Waals surface area contributed by atoms with Crippen LogP contribution in [0.1, 0.15) is 30.5 Å². The number of H-pyrrole nitrogens is 1. The molecular formula is C24H27N3O6S2. The second kappa shape index (κ2) is 9.92. The van der Waals surface area contributed by atoms with Gasteiger partial charge in [-0.05, 0) is 56.4 Å². The lowest BCUT2D eigenvalue weighted by Gasteiger charge is -2.22. The van der Waals surface area contributed by atoms with Crippen molar-refractivity contribution in [1.82, 2.24) is 13.9 Å². The van der Waals surface area contributed by atoms with Crippen molar-refractivity contribution < 1.29 is 16.8 Å². The third kappa shape index (κ3) is 4.89. The fourth-order valence-corrected chi connectivity index (χ4v) is 7.67. The van der Waals surface area contributed by atoms with E-state index in [4.69, 9.17) is 0 Å². The molecule has 0 atom stereocenters. The van der Waals surface area contributed by atoms with Crippen molar-refractivity contribution in [3.05, 3.63) is 86.7 Å². The van der Waals surface area contributed by atoms with Crippen LogP contribution in [0.4, 0.5) is 0 Å². The molecule has 0 fully saturated rings. The van der Waals surface area contributed by atoms with Gasteiger partial charge in [0.25, 0.3) is 5.56 Å². The number of sulfonamides is 1. The molecule has 0 unspecified atom stereocenters. The Hall–Kier alpha value is -3.02. The number of fused-ring (bicyclic) bond motifs is 1. The van der Waals surface area contributed by atoms with Crippen molar-refractivity contribution >= 4 is 19.9 Å². The molecule has 186 valence electrons. The van der Waals surface area contributed by atoms with Crippen molar-refractivity contribution in [2.45, 2.75) is 53.3 Å². The lowest BCUT2D eigenvalue weighted by atomic mass is 9.97. The molecule has 0 bridgehead atoms. The summed E-state index contributed by atoms with van der Waals surface area (Å²) >= 11 is 0. The van der Waals surface area contributed by atoms with Crippen LogP contribution >= 0.6 is 0 Å². The zero-order chi connectivity index (χ0) is 25.2. The highest BCUT2D eigenvalue weighted by Gasteiger charge is 2.30. The predicted octanol–water partition coefficient (Wildman–Crippen LogP) is 1.96. The number of hydrogen-bond donors (Lipinski definition) is 1. The second-order valence-corrected chi connectivity index (χ2v) is 12.4. The quantitative estimate of drug-likeness (QED) is 0.487. The average molecular weight is 518 g/mol. The number of aromatic amines is 1. The van der Waals surface area contributed by atoms with Crippen molar-refractivity contribution in [1.29, 1.82) is 0 Å². The third-order valence-electron chi connectivity index (χ3n) is 6.24. The average Bonchev–Trinajstić information content (AvgIpc) is 2.86. The van der Waals surface area contributed by atoms with Crippen LogP contribution < -0.4 is 11.2 Å². The van der Waals surface area contributed by atoms with Gasteiger partial charge < -0.3 is 0 Å². The number of sulfone groups is 1. The van der Waals surface area contributed by atoms with E-state index in [1.165, 1.54) is 48.0 Å². The van der Waals surface area contributed by atoms with Crippen LogP contribution in [0.2, 0.25) is 0 Å². The molecule has 11 heteroatoms. The summed E-state index contributed by atoms with van der Waals surface area (Å²) in [7, 11) is -6.81. The topological polar surface area (TPSA) is 126 Å². The molecule has 0 radical (unpaired) electrons. The van der Waals surface area contributed by atoms with Gasteiger partial charge in [-0.3, -0.25) is 14.3 Å². The Bertz CT molecular complexity index is 1560. The number of nitrogens with zero attached hydrogens (tertiary/aromatic N) is 2. The zero-order valence-corrected chi connectivity index (χ0v) is 20.9. The maximum atomic E-state index is 13.4. The molecule has 3 aromatic rings. The van der Waals surface area contributed by atoms with Crippen LogP contribution in [0.25, 0.3) is 0 Å². The van der Waals surface area contributed by atoms with E-state index in [1.807, 2.05) is 0 Å². The minimum Gasteiger partial charge on any atom is -0.297 e. The van der Waals surface area contributed by atoms with Gasteiger partial charge in [-0.1, -0.05) is 30.3 Å². The summed E-state index contributed by atoms with van der Waals surface area (Å²) in [4.78, 5) is 26.3. The fourth-order valence-electron chi connectivity index (χ4n) is 4.38. The van der Waals surface area contributed by atoms with E-state index in [1.54, 1.807) is 18.2 Å². The molecule has 4 rings (SSSR count). The Kier molecular flexibility index (Phi) is 7.11. The monoisotopic (exact) mass is 517 g/mol. The summed E-state index contributed by atoms with van der Waals surface area (Å²) in [5.74, 6) is 0. The fraction of sp³-hybridized carbons (Fsp3) is 0.333. The summed E-state index contributed by atoms with van der Waals surface area (Å²) in [6.07, 6.45) is 3.33. The largest absolute Gasteiger partial charge is 0.328 e. The zero-order valence-electron chi connectivity index (χ0n) is 19.3. The van der Waals surface area contributed by atoms with Crippen molar-refractivity contribution in [3.63, 3.8) is 0 Å². The standard InChI is InChI=1S/C24H27N3O6S2/c1-26(16-9-17-27-20-13-6-5-12-19(20)23(28)25-24(27)29)35(32,33)22-15-8-7-14-21(22)34(30,31)18-10-3-2-4-11-18/h2-4,7-8,10-11,14-15H,5-6,9,12-13,16-17H2,1H3,(H,25,28,29). The van der Waals surface area contributed by atoms with Crippen molar-refractivity contribution in [3.8, 4) is 0 Å². The molecule has 0 amide bonds. The summed E-state index contributed by atoms with van der Waals surface area (Å²) in [6.45, 7) is 0.296. The highest BCUT2D eigenvalue weighted by molar-refractivity contribution is 7.93. The number of nitrogens with one attached hydrogen (secondary N) is 1. The van der Waals surface area contributed by atoms with Crippen LogP contribution in [0, 0.1) is 0 Å². The smallest absolute Gasteiger partial charge is 0.297 e. The Labute approximate surface area is 204 Å². The van der Waals surface area contributed by atoms with Gasteiger partial charge in [0.05, 0.1) is 9.79 Å². The van der Waals surface area contributed by atoms with Crippen LogP contribution in [-0.4, -0.2) is 44.3 Å². The number of benzene rings is 2. The van der Waals surface area contributed by atoms with Gasteiger partial charge in [0.15, 0.2) is 0 Å². The van der Waals surface area contributed by atoms with Crippen LogP contribution in [0.5, 0.6) is 0 Å². The number of rotatable bonds is 8. The van der Waals surface area contributed by atoms with E-state index < -0.39 is 25.6 Å². The van der Waals surface area contributed by atoms with Gasteiger partial charge in [-0.15, -0.1) is 0 Å². The Morgan fingerprint density at radius 3 is 2.23 bits per heavy atom. The summed E-state index contributed by atoms with van der Waals surface area (Å²) in [6, 6.07) is 13.2. The molecule has 0 saturated carbocycles. The molecule has 0 aliphatic heterocycles. The van der Waals surface area contributed by atoms with Gasteiger partial charge in [-0.2, -0.15) is 0 Å². The van der Waals surface area contributed by atoms with Crippen LogP contribution in [-0.2, 0) is 39.2 Å². The summed E-state index contributed by atoms with van der Waals surface area (Å²) in [5, 5.41) is 0. The molecule has 1 aliphatic rings. The molecule has 1 aliphatic carbocycles. The van der Waals surface area contributed by atoms with E-state index in [0.717, 1.165) is 22.8 Å². The lowest BCUT2D eigenvalue weighted by molar-refractivity contribution is 0.434. The molecule has 0 spiro atoms. The van der Waals surface area contributed by atoms with Crippen LogP contribution in [0.3, 0.4) is 0 Å². The minimum atomic E-state index is -4.14. The highest BCUT2D eigenvalue weighted by Crippen LogP contribution is 2.28. The number of aromatic nitrogens is 2. The van der Waals surface area contributed by atoms with Gasteiger partial charge in [0.1, 0.15) is 4.90 Å². The maximum absolute atomic E-state index is 13.4. The van der Waals surface area contributed by atoms with E-state index in [9.17, 15) is 26.4 Å². The van der Waals surface area contributed by atoms with Gasteiger partial charge >= 0.3 is 5.69 Å². The van der Waals surface area contributed by atoms with E-state index in [-0.39, 0.29) is 33.3 Å². The van der Waals surface area contributed by atoms with E-state index in [0.29, 0.717) is 24.8 Å². The first kappa shape index (κ1) is 25.1. The SMILES string of the molecule is CN(CCCn1c2c(c(=O)[nH]c1=O)CCCC2)S(=O)(=O)c1ccccc1S(=O)(=O)c1ccccc1. The molecule has 1 aromatic heterocycles. The molecule has 1 heterocycles. The Morgan fingerprint density at radius 1 is 0.886 bits per heavy atom. The lowest BCUT2D eigenvalue weighted by Crippen LogP contribution is -2.37. The molecule has 1 N–H and O–H groups in total. The number of hydrogen-bond acceptors (Lipinski definition) is 6. The third-order valence-corrected chi connectivity index (χ3v) is 10.1. The van der Waals surface area contributed by atoms with Crippen molar-refractivity contribution in [2.75, 3.05) is 13.6 Å². The normalized spacial score (nSPS) is 14.1. The Balaban J connectivity index is 1.57. The van der Waals surface area contributed by atoms with Gasteiger partial charge in [0.2, 0.25) is 19.9 Å². The summed E-state index contributed by atoms with van der Waals surface area (Å²) < 4.78 is 55.7. The Morgan fingerprint density at radius 2 is 1.51 bits per heavy atom. The summed E-state index contributed by atoms with van der Waals surface area (Å²) in [5.41, 5.74) is 0.490. The van der Waals surface area contributed by atoms with Crippen molar-refractivity contribution in [2.24, 2.45) is 0 Å². The highest BCUT2D eigenvalue weighted by atomic mass is 32.2. The van der Waals surface area contributed by atoms with Crippen LogP contribution in [0.15, 0.2) is 78.9 Å². The predicted molar refractivity (Wildman–Crippen MR) is 131 cm³/mol. The molecule has 35 heavy (non-hydrogen) atoms. The minimum absolute atomic E-state index is 0.00696. The molecule has 9 nitrogen and oxygen atoms in total. The first-order valence-corrected chi connectivity index (χ1v) is 14.3. The van der Waals surface area contributed by atoms with Gasteiger partial charge in [-0.25, -0.2) is 25.9 Å². The molecular weight excluding hydrogens is 490 g/mol. The van der Waals surface area contributed by atoms with E-state index in [2.05, 4.69) is 4.98 Å². The maximum Gasteiger partial charge on any atom is 0.328 e. The first-order valence-electron chi connectivity index (χ1n) is 11.3. The first-order chi connectivity index (χ1) is 16.6. The van der Waals surface area contributed by atoms with Gasteiger partial charge in [0, 0.05) is 31.4 Å². The molecule has 2 aromatic carbocycles. The second-order valence-electron chi connectivity index (χ2n) is 8.49.